The Morgan fingerprint density at radius 1 is 1.12 bits per heavy atom. The van der Waals surface area contributed by atoms with Gasteiger partial charge in [0.1, 0.15) is 5.75 Å². The topological polar surface area (TPSA) is 93.8 Å². The normalized spacial score (nSPS) is 11.5. The van der Waals surface area contributed by atoms with E-state index >= 15 is 0 Å². The van der Waals surface area contributed by atoms with E-state index in [9.17, 15) is 8.42 Å². The fraction of sp³-hybridized carbons (Fsp3) is 0.235. The predicted molar refractivity (Wildman–Crippen MR) is 112 cm³/mol. The number of ether oxygens (including phenoxy) is 1. The first-order valence-corrected chi connectivity index (χ1v) is 9.15. The summed E-state index contributed by atoms with van der Waals surface area (Å²) in [6.07, 6.45) is 0.405. The molecular formula is C17H22IN3O3S. The van der Waals surface area contributed by atoms with Crippen LogP contribution in [0.15, 0.2) is 64.5 Å². The first-order chi connectivity index (χ1) is 11.5. The van der Waals surface area contributed by atoms with Crippen LogP contribution in [0, 0.1) is 0 Å². The molecule has 6 nitrogen and oxygen atoms in total. The molecule has 0 aliphatic rings. The zero-order valence-electron chi connectivity index (χ0n) is 13.9. The number of halogens is 1. The second-order valence-corrected chi connectivity index (χ2v) is 7.22. The van der Waals surface area contributed by atoms with Gasteiger partial charge in [0.15, 0.2) is 15.8 Å². The highest BCUT2D eigenvalue weighted by Crippen LogP contribution is 2.14. The first-order valence-electron chi connectivity index (χ1n) is 7.50. The lowest BCUT2D eigenvalue weighted by Crippen LogP contribution is -2.23. The number of guanidine groups is 1. The second-order valence-electron chi connectivity index (χ2n) is 5.11. The SMILES string of the molecule is COc1ccc(NC(N)=NCCCS(=O)(=O)c2ccccc2)cc1.I. The molecule has 25 heavy (non-hydrogen) atoms. The summed E-state index contributed by atoms with van der Waals surface area (Å²) in [5.41, 5.74) is 6.58. The highest BCUT2D eigenvalue weighted by atomic mass is 127. The second kappa shape index (κ2) is 10.2. The number of nitrogens with one attached hydrogen (secondary N) is 1. The smallest absolute Gasteiger partial charge is 0.193 e. The Hall–Kier alpha value is -1.81. The van der Waals surface area contributed by atoms with E-state index in [1.54, 1.807) is 37.4 Å². The number of nitrogens with two attached hydrogens (primary N) is 1. The van der Waals surface area contributed by atoms with Crippen molar-refractivity contribution in [2.75, 3.05) is 24.7 Å². The molecule has 2 aromatic rings. The molecule has 3 N–H and O–H groups in total. The van der Waals surface area contributed by atoms with Gasteiger partial charge in [-0.05, 0) is 42.8 Å². The molecule has 8 heteroatoms. The van der Waals surface area contributed by atoms with Gasteiger partial charge >= 0.3 is 0 Å². The third-order valence-electron chi connectivity index (χ3n) is 3.32. The molecule has 136 valence electrons. The van der Waals surface area contributed by atoms with Crippen LogP contribution in [0.3, 0.4) is 0 Å². The van der Waals surface area contributed by atoms with E-state index in [4.69, 9.17) is 10.5 Å². The van der Waals surface area contributed by atoms with Crippen LogP contribution < -0.4 is 15.8 Å². The monoisotopic (exact) mass is 475 g/mol. The van der Waals surface area contributed by atoms with Crippen molar-refractivity contribution in [1.82, 2.24) is 0 Å². The Labute approximate surface area is 165 Å². The van der Waals surface area contributed by atoms with Gasteiger partial charge in [-0.3, -0.25) is 4.99 Å². The largest absolute Gasteiger partial charge is 0.497 e. The molecule has 0 saturated carbocycles. The van der Waals surface area contributed by atoms with E-state index in [1.807, 2.05) is 24.3 Å². The average molecular weight is 475 g/mol. The highest BCUT2D eigenvalue weighted by Gasteiger charge is 2.12. The van der Waals surface area contributed by atoms with Crippen molar-refractivity contribution >= 4 is 45.5 Å². The van der Waals surface area contributed by atoms with Crippen LogP contribution in [0.2, 0.25) is 0 Å². The van der Waals surface area contributed by atoms with Gasteiger partial charge < -0.3 is 15.8 Å². The first kappa shape index (κ1) is 21.2. The molecule has 0 atom stereocenters. The molecule has 0 saturated heterocycles. The van der Waals surface area contributed by atoms with Crippen molar-refractivity contribution in [3.8, 4) is 5.75 Å². The number of methoxy groups -OCH3 is 1. The summed E-state index contributed by atoms with van der Waals surface area (Å²) in [5, 5.41) is 2.95. The summed E-state index contributed by atoms with van der Waals surface area (Å²) < 4.78 is 29.3. The minimum absolute atomic E-state index is 0. The van der Waals surface area contributed by atoms with E-state index in [-0.39, 0.29) is 35.7 Å². The van der Waals surface area contributed by atoms with E-state index in [0.29, 0.717) is 17.9 Å². The maximum atomic E-state index is 12.1. The van der Waals surface area contributed by atoms with E-state index < -0.39 is 9.84 Å². The third-order valence-corrected chi connectivity index (χ3v) is 5.13. The van der Waals surface area contributed by atoms with Crippen LogP contribution >= 0.6 is 24.0 Å². The fourth-order valence-corrected chi connectivity index (χ4v) is 3.38. The Morgan fingerprint density at radius 2 is 1.76 bits per heavy atom. The Balaban J connectivity index is 0.00000312. The van der Waals surface area contributed by atoms with Gasteiger partial charge in [-0.25, -0.2) is 8.42 Å². The highest BCUT2D eigenvalue weighted by molar-refractivity contribution is 14.0. The summed E-state index contributed by atoms with van der Waals surface area (Å²) in [5.74, 6) is 1.04. The summed E-state index contributed by atoms with van der Waals surface area (Å²) in [6, 6.07) is 15.7. The molecule has 0 radical (unpaired) electrons. The standard InChI is InChI=1S/C17H21N3O3S.HI/c1-23-15-10-8-14(9-11-15)20-17(18)19-12-5-13-24(21,22)16-6-3-2-4-7-16;/h2-4,6-11H,5,12-13H2,1H3,(H3,18,19,20);1H. The number of aliphatic imine (C=N–C) groups is 1. The quantitative estimate of drug-likeness (QED) is 0.278. The summed E-state index contributed by atoms with van der Waals surface area (Å²) in [4.78, 5) is 4.48. The number of hydrogen-bond acceptors (Lipinski definition) is 4. The molecule has 0 unspecified atom stereocenters. The van der Waals surface area contributed by atoms with Crippen molar-refractivity contribution < 1.29 is 13.2 Å². The molecule has 0 aliphatic heterocycles. The molecule has 0 spiro atoms. The Bertz CT molecular complexity index is 779. The van der Waals surface area contributed by atoms with Crippen molar-refractivity contribution in [3.05, 3.63) is 54.6 Å². The number of nitrogens with zero attached hydrogens (tertiary/aromatic N) is 1. The van der Waals surface area contributed by atoms with Crippen LogP contribution in [-0.4, -0.2) is 33.8 Å². The van der Waals surface area contributed by atoms with Gasteiger partial charge in [0, 0.05) is 12.2 Å². The lowest BCUT2D eigenvalue weighted by molar-refractivity contribution is 0.415. The number of anilines is 1. The number of benzene rings is 2. The molecule has 0 aromatic heterocycles. The van der Waals surface area contributed by atoms with Gasteiger partial charge in [-0.1, -0.05) is 18.2 Å². The van der Waals surface area contributed by atoms with Crippen LogP contribution in [-0.2, 0) is 9.84 Å². The molecule has 0 fully saturated rings. The van der Waals surface area contributed by atoms with Crippen molar-refractivity contribution in [1.29, 1.82) is 0 Å². The van der Waals surface area contributed by atoms with Crippen LogP contribution in [0.5, 0.6) is 5.75 Å². The van der Waals surface area contributed by atoms with E-state index in [1.165, 1.54) is 0 Å². The van der Waals surface area contributed by atoms with Crippen LogP contribution in [0.1, 0.15) is 6.42 Å². The summed E-state index contributed by atoms with van der Waals surface area (Å²) in [7, 11) is -1.67. The van der Waals surface area contributed by atoms with Gasteiger partial charge in [0.2, 0.25) is 0 Å². The lowest BCUT2D eigenvalue weighted by Gasteiger charge is -2.07. The van der Waals surface area contributed by atoms with Gasteiger partial charge in [-0.2, -0.15) is 0 Å². The molecule has 2 aromatic carbocycles. The predicted octanol–water partition coefficient (Wildman–Crippen LogP) is 2.90. The maximum absolute atomic E-state index is 12.1. The third kappa shape index (κ3) is 6.91. The van der Waals surface area contributed by atoms with Gasteiger partial charge in [0.25, 0.3) is 0 Å². The van der Waals surface area contributed by atoms with Crippen LogP contribution in [0.4, 0.5) is 5.69 Å². The zero-order valence-corrected chi connectivity index (χ0v) is 17.0. The molecule has 0 amide bonds. The molecule has 0 bridgehead atoms. The van der Waals surface area contributed by atoms with Crippen molar-refractivity contribution in [3.63, 3.8) is 0 Å². The van der Waals surface area contributed by atoms with Crippen LogP contribution in [0.25, 0.3) is 0 Å². The number of hydrogen-bond donors (Lipinski definition) is 2. The summed E-state index contributed by atoms with van der Waals surface area (Å²) in [6.45, 7) is 0.334. The molecule has 2 rings (SSSR count). The van der Waals surface area contributed by atoms with Crippen molar-refractivity contribution in [2.24, 2.45) is 10.7 Å². The maximum Gasteiger partial charge on any atom is 0.193 e. The van der Waals surface area contributed by atoms with E-state index in [2.05, 4.69) is 10.3 Å². The summed E-state index contributed by atoms with van der Waals surface area (Å²) >= 11 is 0. The number of sulfone groups is 1. The van der Waals surface area contributed by atoms with E-state index in [0.717, 1.165) is 11.4 Å². The molecule has 0 heterocycles. The molecular weight excluding hydrogens is 453 g/mol. The fourth-order valence-electron chi connectivity index (χ4n) is 2.06. The lowest BCUT2D eigenvalue weighted by atomic mass is 10.3. The minimum atomic E-state index is -3.27. The Morgan fingerprint density at radius 3 is 2.36 bits per heavy atom. The average Bonchev–Trinajstić information content (AvgIpc) is 2.60. The minimum Gasteiger partial charge on any atom is -0.497 e. The number of rotatable bonds is 7. The zero-order chi connectivity index (χ0) is 17.4. The van der Waals surface area contributed by atoms with Gasteiger partial charge in [-0.15, -0.1) is 24.0 Å². The van der Waals surface area contributed by atoms with Gasteiger partial charge in [0.05, 0.1) is 17.8 Å². The van der Waals surface area contributed by atoms with Crippen molar-refractivity contribution in [2.45, 2.75) is 11.3 Å². The molecule has 0 aliphatic carbocycles. The Kier molecular flexibility index (Phi) is 8.70.